The van der Waals surface area contributed by atoms with Crippen molar-refractivity contribution in [2.24, 2.45) is 0 Å². The Labute approximate surface area is 145 Å². The Kier molecular flexibility index (Phi) is 5.16. The topological polar surface area (TPSA) is 94.2 Å². The number of carboxylic acids is 1. The second kappa shape index (κ2) is 7.50. The number of β-amino-alcohol motifs (C(OH)–C–C–N with tert-alkyl or cyclic N) is 1. The fourth-order valence-electron chi connectivity index (χ4n) is 3.05. The third kappa shape index (κ3) is 4.07. The van der Waals surface area contributed by atoms with E-state index in [1.54, 1.807) is 41.3 Å². The fraction of sp³-hybridized carbons (Fsp3) is 0.333. The van der Waals surface area contributed by atoms with Crippen LogP contribution >= 0.6 is 0 Å². The standard InChI is InChI=1S/C18H20N2O5/c21-14-11-19(10-13-4-1-2-5-15(13)18(23)24)7-8-20(12-14)17(22)16-6-3-9-25-16/h1-6,9,14,21H,7-8,10-12H2,(H,23,24). The zero-order chi connectivity index (χ0) is 17.8. The fourth-order valence-corrected chi connectivity index (χ4v) is 3.05. The summed E-state index contributed by atoms with van der Waals surface area (Å²) in [6, 6.07) is 10.1. The first-order valence-electron chi connectivity index (χ1n) is 8.09. The molecule has 25 heavy (non-hydrogen) atoms. The number of aliphatic hydroxyl groups excluding tert-OH is 1. The molecule has 7 heteroatoms. The van der Waals surface area contributed by atoms with E-state index < -0.39 is 12.1 Å². The van der Waals surface area contributed by atoms with E-state index >= 15 is 0 Å². The third-order valence-electron chi connectivity index (χ3n) is 4.25. The molecule has 3 rings (SSSR count). The average molecular weight is 344 g/mol. The van der Waals surface area contributed by atoms with E-state index in [2.05, 4.69) is 0 Å². The van der Waals surface area contributed by atoms with E-state index in [0.717, 1.165) is 0 Å². The van der Waals surface area contributed by atoms with Gasteiger partial charge < -0.3 is 19.5 Å². The van der Waals surface area contributed by atoms with Crippen LogP contribution in [0.4, 0.5) is 0 Å². The first kappa shape index (κ1) is 17.2. The number of carbonyl (C=O) groups is 2. The van der Waals surface area contributed by atoms with Gasteiger partial charge in [0, 0.05) is 32.7 Å². The minimum absolute atomic E-state index is 0.219. The van der Waals surface area contributed by atoms with Crippen molar-refractivity contribution >= 4 is 11.9 Å². The maximum Gasteiger partial charge on any atom is 0.336 e. The SMILES string of the molecule is O=C(O)c1ccccc1CN1CCN(C(=O)c2ccco2)CC(O)C1. The Hall–Kier alpha value is -2.64. The maximum atomic E-state index is 12.4. The van der Waals surface area contributed by atoms with Crippen molar-refractivity contribution in [2.45, 2.75) is 12.6 Å². The summed E-state index contributed by atoms with van der Waals surface area (Å²) in [5, 5.41) is 19.5. The van der Waals surface area contributed by atoms with Crippen LogP contribution in [-0.2, 0) is 6.54 Å². The number of benzene rings is 1. The minimum Gasteiger partial charge on any atom is -0.478 e. The summed E-state index contributed by atoms with van der Waals surface area (Å²) in [6.07, 6.45) is 0.731. The van der Waals surface area contributed by atoms with Crippen LogP contribution < -0.4 is 0 Å². The molecular weight excluding hydrogens is 324 g/mol. The molecule has 1 amide bonds. The number of nitrogens with zero attached hydrogens (tertiary/aromatic N) is 2. The maximum absolute atomic E-state index is 12.4. The van der Waals surface area contributed by atoms with Crippen LogP contribution in [0.2, 0.25) is 0 Å². The van der Waals surface area contributed by atoms with E-state index in [0.29, 0.717) is 31.7 Å². The van der Waals surface area contributed by atoms with Gasteiger partial charge in [0.2, 0.25) is 0 Å². The molecule has 0 aliphatic carbocycles. The molecule has 0 spiro atoms. The van der Waals surface area contributed by atoms with Gasteiger partial charge in [-0.15, -0.1) is 0 Å². The van der Waals surface area contributed by atoms with Crippen molar-refractivity contribution in [3.05, 3.63) is 59.5 Å². The van der Waals surface area contributed by atoms with Crippen LogP contribution in [0, 0.1) is 0 Å². The highest BCUT2D eigenvalue weighted by atomic mass is 16.4. The van der Waals surface area contributed by atoms with Gasteiger partial charge in [0.05, 0.1) is 17.9 Å². The predicted octanol–water partition coefficient (Wildman–Crippen LogP) is 1.30. The van der Waals surface area contributed by atoms with Crippen LogP contribution in [0.3, 0.4) is 0 Å². The molecule has 1 fully saturated rings. The van der Waals surface area contributed by atoms with Crippen molar-refractivity contribution < 1.29 is 24.2 Å². The van der Waals surface area contributed by atoms with Crippen molar-refractivity contribution in [3.8, 4) is 0 Å². The van der Waals surface area contributed by atoms with Crippen LogP contribution in [0.15, 0.2) is 47.1 Å². The number of aliphatic hydroxyl groups is 1. The van der Waals surface area contributed by atoms with Gasteiger partial charge in [-0.3, -0.25) is 9.69 Å². The highest BCUT2D eigenvalue weighted by molar-refractivity contribution is 5.91. The van der Waals surface area contributed by atoms with Gasteiger partial charge in [-0.25, -0.2) is 4.79 Å². The number of carbonyl (C=O) groups excluding carboxylic acids is 1. The molecule has 1 unspecified atom stereocenters. The molecule has 2 aromatic rings. The lowest BCUT2D eigenvalue weighted by atomic mass is 10.1. The van der Waals surface area contributed by atoms with Crippen molar-refractivity contribution in [1.29, 1.82) is 0 Å². The number of furan rings is 1. The largest absolute Gasteiger partial charge is 0.478 e. The quantitative estimate of drug-likeness (QED) is 0.868. The number of hydrogen-bond acceptors (Lipinski definition) is 5. The Balaban J connectivity index is 1.70. The number of carboxylic acid groups (broad SMARTS) is 1. The zero-order valence-electron chi connectivity index (χ0n) is 13.7. The van der Waals surface area contributed by atoms with Crippen LogP contribution in [0.5, 0.6) is 0 Å². The molecule has 7 nitrogen and oxygen atoms in total. The lowest BCUT2D eigenvalue weighted by Crippen LogP contribution is -2.37. The Morgan fingerprint density at radius 3 is 2.64 bits per heavy atom. The van der Waals surface area contributed by atoms with Gasteiger partial charge in [-0.2, -0.15) is 0 Å². The predicted molar refractivity (Wildman–Crippen MR) is 89.3 cm³/mol. The van der Waals surface area contributed by atoms with E-state index in [1.807, 2.05) is 4.90 Å². The van der Waals surface area contributed by atoms with Crippen LogP contribution in [0.25, 0.3) is 0 Å². The Morgan fingerprint density at radius 2 is 1.92 bits per heavy atom. The molecule has 1 aromatic carbocycles. The van der Waals surface area contributed by atoms with Crippen molar-refractivity contribution in [1.82, 2.24) is 9.80 Å². The average Bonchev–Trinajstić information content (AvgIpc) is 3.06. The molecule has 2 N–H and O–H groups in total. The first-order valence-corrected chi connectivity index (χ1v) is 8.09. The summed E-state index contributed by atoms with van der Waals surface area (Å²) in [5.41, 5.74) is 0.942. The van der Waals surface area contributed by atoms with Gasteiger partial charge >= 0.3 is 5.97 Å². The van der Waals surface area contributed by atoms with Crippen molar-refractivity contribution in [3.63, 3.8) is 0 Å². The summed E-state index contributed by atoms with van der Waals surface area (Å²) in [7, 11) is 0. The molecule has 0 radical (unpaired) electrons. The Morgan fingerprint density at radius 1 is 1.12 bits per heavy atom. The zero-order valence-corrected chi connectivity index (χ0v) is 13.7. The molecule has 132 valence electrons. The molecule has 0 saturated carbocycles. The number of hydrogen-bond donors (Lipinski definition) is 2. The molecule has 1 aliphatic heterocycles. The summed E-state index contributed by atoms with van der Waals surface area (Å²) in [4.78, 5) is 27.3. The highest BCUT2D eigenvalue weighted by Crippen LogP contribution is 2.15. The molecule has 2 heterocycles. The third-order valence-corrected chi connectivity index (χ3v) is 4.25. The molecule has 1 saturated heterocycles. The number of amides is 1. The molecule has 0 bridgehead atoms. The molecular formula is C18H20N2O5. The monoisotopic (exact) mass is 344 g/mol. The number of aromatic carboxylic acids is 1. The minimum atomic E-state index is -0.972. The lowest BCUT2D eigenvalue weighted by molar-refractivity contribution is 0.0632. The second-order valence-electron chi connectivity index (χ2n) is 6.08. The van der Waals surface area contributed by atoms with Gasteiger partial charge in [0.15, 0.2) is 5.76 Å². The smallest absolute Gasteiger partial charge is 0.336 e. The molecule has 1 atom stereocenters. The van der Waals surface area contributed by atoms with Crippen molar-refractivity contribution in [2.75, 3.05) is 26.2 Å². The van der Waals surface area contributed by atoms with E-state index in [4.69, 9.17) is 4.42 Å². The summed E-state index contributed by atoms with van der Waals surface area (Å²) >= 11 is 0. The van der Waals surface area contributed by atoms with E-state index in [9.17, 15) is 19.8 Å². The highest BCUT2D eigenvalue weighted by Gasteiger charge is 2.27. The normalized spacial score (nSPS) is 18.8. The van der Waals surface area contributed by atoms with E-state index in [-0.39, 0.29) is 23.8 Å². The Bertz CT molecular complexity index is 744. The van der Waals surface area contributed by atoms with Gasteiger partial charge in [-0.1, -0.05) is 18.2 Å². The second-order valence-corrected chi connectivity index (χ2v) is 6.08. The number of rotatable bonds is 4. The molecule has 1 aromatic heterocycles. The van der Waals surface area contributed by atoms with Gasteiger partial charge in [0.1, 0.15) is 0 Å². The van der Waals surface area contributed by atoms with Crippen LogP contribution in [0.1, 0.15) is 26.5 Å². The summed E-state index contributed by atoms with van der Waals surface area (Å²) in [5.74, 6) is -0.977. The lowest BCUT2D eigenvalue weighted by Gasteiger charge is -2.22. The van der Waals surface area contributed by atoms with Gasteiger partial charge in [-0.05, 0) is 23.8 Å². The summed E-state index contributed by atoms with van der Waals surface area (Å²) < 4.78 is 5.14. The molecule has 1 aliphatic rings. The summed E-state index contributed by atoms with van der Waals surface area (Å²) in [6.45, 7) is 1.97. The van der Waals surface area contributed by atoms with Crippen LogP contribution in [-0.4, -0.2) is 64.2 Å². The van der Waals surface area contributed by atoms with E-state index in [1.165, 1.54) is 6.26 Å². The van der Waals surface area contributed by atoms with Gasteiger partial charge in [0.25, 0.3) is 5.91 Å². The first-order chi connectivity index (χ1) is 12.0.